The molecular weight excluding hydrogens is 408 g/mol. The second-order valence-corrected chi connectivity index (χ2v) is 8.81. The number of nitrogens with zero attached hydrogens (tertiary/aromatic N) is 4. The minimum atomic E-state index is -1.22. The van der Waals surface area contributed by atoms with E-state index >= 15 is 0 Å². The van der Waals surface area contributed by atoms with Crippen LogP contribution >= 0.6 is 0 Å². The van der Waals surface area contributed by atoms with Crippen molar-refractivity contribution >= 4 is 17.7 Å². The van der Waals surface area contributed by atoms with Gasteiger partial charge in [0, 0.05) is 50.8 Å². The second kappa shape index (κ2) is 8.76. The lowest BCUT2D eigenvalue weighted by molar-refractivity contribution is -0.142. The molecule has 1 aromatic heterocycles. The third kappa shape index (κ3) is 4.01. The molecule has 32 heavy (non-hydrogen) atoms. The van der Waals surface area contributed by atoms with Crippen LogP contribution in [0, 0.1) is 13.8 Å². The molecule has 0 saturated carbocycles. The molecule has 0 spiro atoms. The number of hydrogen-bond acceptors (Lipinski definition) is 5. The maximum Gasteiger partial charge on any atom is 0.240 e. The SMILES string of the molecule is COc1ccc([C@@]2(CC(=O)N(Cc3c(C)nn(C)c3C)C(C)C)CC(=O)N(C)C2=O)cc1. The summed E-state index contributed by atoms with van der Waals surface area (Å²) in [5.41, 5.74) is 2.30. The lowest BCUT2D eigenvalue weighted by atomic mass is 9.75. The van der Waals surface area contributed by atoms with Gasteiger partial charge in [-0.25, -0.2) is 0 Å². The van der Waals surface area contributed by atoms with Crippen LogP contribution in [-0.4, -0.2) is 57.5 Å². The Morgan fingerprint density at radius 2 is 1.81 bits per heavy atom. The van der Waals surface area contributed by atoms with Gasteiger partial charge < -0.3 is 9.64 Å². The maximum absolute atomic E-state index is 13.6. The highest BCUT2D eigenvalue weighted by molar-refractivity contribution is 6.10. The number of ether oxygens (including phenoxy) is 1. The van der Waals surface area contributed by atoms with Crippen molar-refractivity contribution in [2.45, 2.75) is 58.5 Å². The zero-order valence-electron chi connectivity index (χ0n) is 19.9. The van der Waals surface area contributed by atoms with Gasteiger partial charge in [-0.15, -0.1) is 0 Å². The Morgan fingerprint density at radius 3 is 2.25 bits per heavy atom. The summed E-state index contributed by atoms with van der Waals surface area (Å²) in [5, 5.41) is 4.46. The molecule has 8 nitrogen and oxygen atoms in total. The number of benzene rings is 1. The monoisotopic (exact) mass is 440 g/mol. The largest absolute Gasteiger partial charge is 0.497 e. The van der Waals surface area contributed by atoms with Crippen molar-refractivity contribution in [3.8, 4) is 5.75 Å². The lowest BCUT2D eigenvalue weighted by Crippen LogP contribution is -2.44. The van der Waals surface area contributed by atoms with Gasteiger partial charge in [-0.05, 0) is 45.4 Å². The van der Waals surface area contributed by atoms with E-state index in [1.807, 2.05) is 34.7 Å². The molecule has 1 saturated heterocycles. The van der Waals surface area contributed by atoms with Crippen LogP contribution in [0.25, 0.3) is 0 Å². The number of carbonyl (C=O) groups is 3. The zero-order valence-corrected chi connectivity index (χ0v) is 19.9. The number of hydrogen-bond donors (Lipinski definition) is 0. The van der Waals surface area contributed by atoms with Gasteiger partial charge >= 0.3 is 0 Å². The Hall–Kier alpha value is -3.16. The first-order valence-corrected chi connectivity index (χ1v) is 10.8. The summed E-state index contributed by atoms with van der Waals surface area (Å²) in [4.78, 5) is 42.3. The molecule has 1 aromatic carbocycles. The number of rotatable bonds is 7. The Kier molecular flexibility index (Phi) is 6.44. The van der Waals surface area contributed by atoms with Gasteiger partial charge in [0.2, 0.25) is 17.7 Å². The molecule has 8 heteroatoms. The first-order valence-electron chi connectivity index (χ1n) is 10.8. The molecule has 1 fully saturated rings. The number of aryl methyl sites for hydroxylation is 2. The van der Waals surface area contributed by atoms with E-state index < -0.39 is 5.41 Å². The van der Waals surface area contributed by atoms with Crippen LogP contribution in [0.2, 0.25) is 0 Å². The average molecular weight is 441 g/mol. The van der Waals surface area contributed by atoms with Crippen molar-refractivity contribution in [3.63, 3.8) is 0 Å². The van der Waals surface area contributed by atoms with E-state index in [9.17, 15) is 14.4 Å². The fourth-order valence-electron chi connectivity index (χ4n) is 4.40. The quantitative estimate of drug-likeness (QED) is 0.618. The second-order valence-electron chi connectivity index (χ2n) is 8.81. The molecule has 2 heterocycles. The number of amides is 3. The molecule has 0 bridgehead atoms. The Morgan fingerprint density at radius 1 is 1.19 bits per heavy atom. The number of aromatic nitrogens is 2. The first kappa shape index (κ1) is 23.5. The molecule has 2 aromatic rings. The fourth-order valence-corrected chi connectivity index (χ4v) is 4.40. The van der Waals surface area contributed by atoms with Crippen molar-refractivity contribution in [2.24, 2.45) is 7.05 Å². The van der Waals surface area contributed by atoms with Gasteiger partial charge in [-0.2, -0.15) is 5.10 Å². The minimum Gasteiger partial charge on any atom is -0.497 e. The highest BCUT2D eigenvalue weighted by atomic mass is 16.5. The highest BCUT2D eigenvalue weighted by Gasteiger charge is 2.53. The van der Waals surface area contributed by atoms with Gasteiger partial charge in [-0.1, -0.05) is 12.1 Å². The summed E-state index contributed by atoms with van der Waals surface area (Å²) in [7, 11) is 4.92. The van der Waals surface area contributed by atoms with E-state index in [1.54, 1.807) is 41.0 Å². The molecule has 1 aliphatic rings. The number of likely N-dealkylation sites (N-methyl/N-ethyl adjacent to an activating group) is 1. The normalized spacial score (nSPS) is 18.6. The van der Waals surface area contributed by atoms with E-state index in [0.717, 1.165) is 21.9 Å². The van der Waals surface area contributed by atoms with Crippen LogP contribution in [-0.2, 0) is 33.4 Å². The molecule has 0 N–H and O–H groups in total. The maximum atomic E-state index is 13.6. The van der Waals surface area contributed by atoms with Crippen LogP contribution in [0.1, 0.15) is 49.2 Å². The third-order valence-electron chi connectivity index (χ3n) is 6.57. The van der Waals surface area contributed by atoms with Crippen molar-refractivity contribution in [3.05, 3.63) is 46.8 Å². The van der Waals surface area contributed by atoms with Crippen molar-refractivity contribution in [1.82, 2.24) is 19.6 Å². The van der Waals surface area contributed by atoms with E-state index in [0.29, 0.717) is 17.9 Å². The van der Waals surface area contributed by atoms with Crippen molar-refractivity contribution in [2.75, 3.05) is 14.2 Å². The average Bonchev–Trinajstić information content (AvgIpc) is 3.12. The number of methoxy groups -OCH3 is 1. The molecule has 3 amide bonds. The Labute approximate surface area is 189 Å². The molecule has 0 unspecified atom stereocenters. The van der Waals surface area contributed by atoms with Gasteiger partial charge in [-0.3, -0.25) is 24.0 Å². The lowest BCUT2D eigenvalue weighted by Gasteiger charge is -2.32. The molecule has 3 rings (SSSR count). The van der Waals surface area contributed by atoms with Crippen LogP contribution in [0.15, 0.2) is 24.3 Å². The molecule has 1 atom stereocenters. The summed E-state index contributed by atoms with van der Waals surface area (Å²) < 4.78 is 7.04. The first-order chi connectivity index (χ1) is 15.0. The number of imide groups is 1. The van der Waals surface area contributed by atoms with E-state index in [-0.39, 0.29) is 36.6 Å². The molecule has 172 valence electrons. The molecule has 1 aliphatic heterocycles. The van der Waals surface area contributed by atoms with Gasteiger partial charge in [0.1, 0.15) is 5.75 Å². The highest BCUT2D eigenvalue weighted by Crippen LogP contribution is 2.40. The zero-order chi connectivity index (χ0) is 23.8. The summed E-state index contributed by atoms with van der Waals surface area (Å²) in [5.74, 6) is -0.159. The van der Waals surface area contributed by atoms with E-state index in [1.165, 1.54) is 7.05 Å². The van der Waals surface area contributed by atoms with E-state index in [2.05, 4.69) is 5.10 Å². The minimum absolute atomic E-state index is 0.0305. The fraction of sp³-hybridized carbons (Fsp3) is 0.500. The van der Waals surface area contributed by atoms with Crippen LogP contribution in [0.3, 0.4) is 0 Å². The Balaban J connectivity index is 1.98. The van der Waals surface area contributed by atoms with Gasteiger partial charge in [0.25, 0.3) is 0 Å². The van der Waals surface area contributed by atoms with Gasteiger partial charge in [0.05, 0.1) is 18.2 Å². The molecule has 0 aliphatic carbocycles. The number of likely N-dealkylation sites (tertiary alicyclic amines) is 1. The van der Waals surface area contributed by atoms with Crippen molar-refractivity contribution in [1.29, 1.82) is 0 Å². The molecular formula is C24H32N4O4. The van der Waals surface area contributed by atoms with E-state index in [4.69, 9.17) is 4.74 Å². The molecule has 0 radical (unpaired) electrons. The topological polar surface area (TPSA) is 84.7 Å². The summed E-state index contributed by atoms with van der Waals surface area (Å²) >= 11 is 0. The van der Waals surface area contributed by atoms with Gasteiger partial charge in [0.15, 0.2) is 0 Å². The van der Waals surface area contributed by atoms with Crippen LogP contribution in [0.4, 0.5) is 0 Å². The summed E-state index contributed by atoms with van der Waals surface area (Å²) in [6, 6.07) is 6.96. The van der Waals surface area contributed by atoms with Crippen molar-refractivity contribution < 1.29 is 19.1 Å². The standard InChI is InChI=1S/C24H32N4O4/c1-15(2)28(14-20-16(3)25-27(6)17(20)4)22(30)13-24(12-21(29)26(5)23(24)31)18-8-10-19(32-7)11-9-18/h8-11,15H,12-14H2,1-7H3/t24-/m0/s1. The smallest absolute Gasteiger partial charge is 0.240 e. The van der Waals surface area contributed by atoms with Crippen LogP contribution in [0.5, 0.6) is 5.75 Å². The van der Waals surface area contributed by atoms with Crippen LogP contribution < -0.4 is 4.74 Å². The summed E-state index contributed by atoms with van der Waals surface area (Å²) in [6.45, 7) is 8.21. The third-order valence-corrected chi connectivity index (χ3v) is 6.57. The Bertz CT molecular complexity index is 1040. The predicted molar refractivity (Wildman–Crippen MR) is 120 cm³/mol. The number of carbonyl (C=O) groups excluding carboxylic acids is 3. The summed E-state index contributed by atoms with van der Waals surface area (Å²) in [6.07, 6.45) is -0.109. The predicted octanol–water partition coefficient (Wildman–Crippen LogP) is 2.50.